The third kappa shape index (κ3) is 4.88. The van der Waals surface area contributed by atoms with Crippen molar-refractivity contribution >= 4 is 22.9 Å². The Hall–Kier alpha value is -3.34. The molecule has 0 aliphatic heterocycles. The van der Waals surface area contributed by atoms with Crippen molar-refractivity contribution in [1.82, 2.24) is 5.43 Å². The van der Waals surface area contributed by atoms with Crippen molar-refractivity contribution in [3.63, 3.8) is 0 Å². The molecule has 0 fully saturated rings. The Labute approximate surface area is 165 Å². The second-order valence-electron chi connectivity index (χ2n) is 6.87. The second-order valence-corrected chi connectivity index (χ2v) is 6.87. The molecular weight excluding hydrogens is 352 g/mol. The number of fused-ring (bicyclic) bond motifs is 1. The van der Waals surface area contributed by atoms with Crippen molar-refractivity contribution in [2.24, 2.45) is 11.0 Å². The first-order valence-electron chi connectivity index (χ1n) is 9.20. The number of hydrogen-bond donors (Lipinski definition) is 1. The number of nitrogens with one attached hydrogen (secondary N) is 1. The average Bonchev–Trinajstić information content (AvgIpc) is 2.72. The molecule has 144 valence electrons. The highest BCUT2D eigenvalue weighted by Gasteiger charge is 2.13. The quantitative estimate of drug-likeness (QED) is 0.482. The number of amides is 1. The lowest BCUT2D eigenvalue weighted by molar-refractivity contribution is 0.0952. The predicted molar refractivity (Wildman–Crippen MR) is 112 cm³/mol. The van der Waals surface area contributed by atoms with E-state index in [1.807, 2.05) is 54.6 Å². The van der Waals surface area contributed by atoms with Crippen LogP contribution in [0.5, 0.6) is 11.5 Å². The van der Waals surface area contributed by atoms with Crippen molar-refractivity contribution in [1.29, 1.82) is 0 Å². The zero-order chi connectivity index (χ0) is 19.9. The Morgan fingerprint density at radius 3 is 2.39 bits per heavy atom. The van der Waals surface area contributed by atoms with Gasteiger partial charge in [0, 0.05) is 0 Å². The first-order chi connectivity index (χ1) is 13.6. The molecule has 3 rings (SSSR count). The molecule has 3 aromatic rings. The topological polar surface area (TPSA) is 59.9 Å². The highest BCUT2D eigenvalue weighted by atomic mass is 16.5. The lowest BCUT2D eigenvalue weighted by atomic mass is 10.1. The number of nitrogens with zero attached hydrogens (tertiary/aromatic N) is 1. The highest BCUT2D eigenvalue weighted by Crippen LogP contribution is 2.25. The molecule has 0 bridgehead atoms. The molecule has 0 heterocycles. The van der Waals surface area contributed by atoms with Crippen LogP contribution in [0.2, 0.25) is 0 Å². The molecular formula is C23H24N2O3. The Kier molecular flexibility index (Phi) is 6.27. The summed E-state index contributed by atoms with van der Waals surface area (Å²) >= 11 is 0. The molecule has 1 N–H and O–H groups in total. The molecule has 0 spiro atoms. The van der Waals surface area contributed by atoms with E-state index in [-0.39, 0.29) is 5.91 Å². The predicted octanol–water partition coefficient (Wildman–Crippen LogP) is 4.65. The number of rotatable bonds is 7. The fraction of sp³-hybridized carbons (Fsp3) is 0.217. The summed E-state index contributed by atoms with van der Waals surface area (Å²) in [6.07, 6.45) is 1.59. The lowest BCUT2D eigenvalue weighted by Gasteiger charge is -2.09. The largest absolute Gasteiger partial charge is 0.496 e. The van der Waals surface area contributed by atoms with Gasteiger partial charge in [0.2, 0.25) is 0 Å². The van der Waals surface area contributed by atoms with Gasteiger partial charge in [-0.05, 0) is 58.7 Å². The summed E-state index contributed by atoms with van der Waals surface area (Å²) in [7, 11) is 1.55. The number of ether oxygens (including phenoxy) is 2. The fourth-order valence-electron chi connectivity index (χ4n) is 2.70. The SMILES string of the molecule is COc1cc2ccccc2cc1C(=O)NN=Cc1ccc(OCC(C)C)cc1. The summed E-state index contributed by atoms with van der Waals surface area (Å²) in [6, 6.07) is 19.0. The van der Waals surface area contributed by atoms with Gasteiger partial charge in [-0.25, -0.2) is 5.43 Å². The van der Waals surface area contributed by atoms with E-state index in [1.54, 1.807) is 19.4 Å². The number of methoxy groups -OCH3 is 1. The number of hydrogen-bond acceptors (Lipinski definition) is 4. The molecule has 0 aliphatic rings. The monoisotopic (exact) mass is 376 g/mol. The summed E-state index contributed by atoms with van der Waals surface area (Å²) in [5, 5.41) is 6.04. The summed E-state index contributed by atoms with van der Waals surface area (Å²) in [5.74, 6) is 1.48. The highest BCUT2D eigenvalue weighted by molar-refractivity contribution is 6.01. The normalized spacial score (nSPS) is 11.1. The molecule has 5 nitrogen and oxygen atoms in total. The van der Waals surface area contributed by atoms with Crippen LogP contribution in [0.1, 0.15) is 29.8 Å². The van der Waals surface area contributed by atoms with Gasteiger partial charge in [0.25, 0.3) is 5.91 Å². The molecule has 0 saturated heterocycles. The molecule has 0 saturated carbocycles. The maximum atomic E-state index is 12.5. The third-order valence-corrected chi connectivity index (χ3v) is 4.16. The minimum atomic E-state index is -0.323. The van der Waals surface area contributed by atoms with E-state index in [0.717, 1.165) is 22.1 Å². The minimum absolute atomic E-state index is 0.323. The van der Waals surface area contributed by atoms with Crippen molar-refractivity contribution in [3.8, 4) is 11.5 Å². The number of carbonyl (C=O) groups is 1. The molecule has 28 heavy (non-hydrogen) atoms. The summed E-state index contributed by atoms with van der Waals surface area (Å²) in [6.45, 7) is 4.89. The Bertz CT molecular complexity index is 979. The number of benzene rings is 3. The van der Waals surface area contributed by atoms with Crippen LogP contribution in [0.3, 0.4) is 0 Å². The van der Waals surface area contributed by atoms with Crippen LogP contribution >= 0.6 is 0 Å². The van der Waals surface area contributed by atoms with Gasteiger partial charge in [-0.1, -0.05) is 38.1 Å². The van der Waals surface area contributed by atoms with Gasteiger partial charge >= 0.3 is 0 Å². The number of hydrazone groups is 1. The zero-order valence-electron chi connectivity index (χ0n) is 16.3. The van der Waals surface area contributed by atoms with Crippen LogP contribution in [-0.2, 0) is 0 Å². The average molecular weight is 376 g/mol. The molecule has 0 aliphatic carbocycles. The van der Waals surface area contributed by atoms with Crippen LogP contribution in [-0.4, -0.2) is 25.8 Å². The van der Waals surface area contributed by atoms with E-state index in [1.165, 1.54) is 0 Å². The van der Waals surface area contributed by atoms with E-state index >= 15 is 0 Å². The third-order valence-electron chi connectivity index (χ3n) is 4.16. The molecule has 5 heteroatoms. The van der Waals surface area contributed by atoms with Crippen molar-refractivity contribution in [3.05, 3.63) is 71.8 Å². The van der Waals surface area contributed by atoms with E-state index in [0.29, 0.717) is 23.8 Å². The van der Waals surface area contributed by atoms with Gasteiger partial charge in [0.05, 0.1) is 25.5 Å². The van der Waals surface area contributed by atoms with Crippen LogP contribution in [0, 0.1) is 5.92 Å². The molecule has 0 atom stereocenters. The van der Waals surface area contributed by atoms with Crippen molar-refractivity contribution in [2.75, 3.05) is 13.7 Å². The van der Waals surface area contributed by atoms with E-state index in [9.17, 15) is 4.79 Å². The van der Waals surface area contributed by atoms with Crippen LogP contribution in [0.25, 0.3) is 10.8 Å². The maximum absolute atomic E-state index is 12.5. The van der Waals surface area contributed by atoms with Gasteiger partial charge in [-0.3, -0.25) is 4.79 Å². The first kappa shape index (κ1) is 19.4. The maximum Gasteiger partial charge on any atom is 0.275 e. The fourth-order valence-corrected chi connectivity index (χ4v) is 2.70. The minimum Gasteiger partial charge on any atom is -0.496 e. The van der Waals surface area contributed by atoms with Gasteiger partial charge in [-0.2, -0.15) is 5.10 Å². The molecule has 0 aromatic heterocycles. The van der Waals surface area contributed by atoms with Gasteiger partial charge < -0.3 is 9.47 Å². The summed E-state index contributed by atoms with van der Waals surface area (Å²) in [5.41, 5.74) is 3.86. The first-order valence-corrected chi connectivity index (χ1v) is 9.20. The van der Waals surface area contributed by atoms with Gasteiger partial charge in [0.15, 0.2) is 0 Å². The zero-order valence-corrected chi connectivity index (χ0v) is 16.3. The van der Waals surface area contributed by atoms with Gasteiger partial charge in [-0.15, -0.1) is 0 Å². The van der Waals surface area contributed by atoms with Crippen LogP contribution < -0.4 is 14.9 Å². The lowest BCUT2D eigenvalue weighted by Crippen LogP contribution is -2.18. The molecule has 1 amide bonds. The Morgan fingerprint density at radius 1 is 1.07 bits per heavy atom. The Balaban J connectivity index is 1.67. The molecule has 3 aromatic carbocycles. The smallest absolute Gasteiger partial charge is 0.275 e. The summed E-state index contributed by atoms with van der Waals surface area (Å²) < 4.78 is 11.0. The number of carbonyl (C=O) groups excluding carboxylic acids is 1. The molecule has 0 radical (unpaired) electrons. The van der Waals surface area contributed by atoms with Crippen molar-refractivity contribution in [2.45, 2.75) is 13.8 Å². The van der Waals surface area contributed by atoms with E-state index in [2.05, 4.69) is 24.4 Å². The van der Waals surface area contributed by atoms with E-state index < -0.39 is 0 Å². The van der Waals surface area contributed by atoms with Crippen LogP contribution in [0.15, 0.2) is 65.8 Å². The second kappa shape index (κ2) is 9.04. The molecule has 0 unspecified atom stereocenters. The van der Waals surface area contributed by atoms with Gasteiger partial charge in [0.1, 0.15) is 11.5 Å². The Morgan fingerprint density at radius 2 is 1.75 bits per heavy atom. The van der Waals surface area contributed by atoms with Crippen molar-refractivity contribution < 1.29 is 14.3 Å². The van der Waals surface area contributed by atoms with E-state index in [4.69, 9.17) is 9.47 Å². The summed E-state index contributed by atoms with van der Waals surface area (Å²) in [4.78, 5) is 12.5. The van der Waals surface area contributed by atoms with Crippen LogP contribution in [0.4, 0.5) is 0 Å². The standard InChI is InChI=1S/C23H24N2O3/c1-16(2)15-28-20-10-8-17(9-11-20)14-24-25-23(26)21-12-18-6-4-5-7-19(18)13-22(21)27-3/h4-14,16H,15H2,1-3H3,(H,25,26).